The Labute approximate surface area is 214 Å². The Hall–Kier alpha value is -3.15. The smallest absolute Gasteiger partial charge is 0.352 e. The summed E-state index contributed by atoms with van der Waals surface area (Å²) in [6.07, 6.45) is 0.861. The standard InChI is InChI=1S/C26H32N2O9/c1-13(35-19(29)7-5-15(27)23(30)31)24(32)36-17-8-9-26(33)18-12-14-4-6-16(34-3)21-20(14)25(26,22(17)37-21)10-11-28(18)2/h4,6,8,13,15,18,22,33H,5,7,9-12,27H2,1-3H3,(H,30,31)/t13-,15?,18+,22-,25-,26+/m0/s1. The molecule has 1 saturated heterocycles. The molecule has 4 aliphatic rings. The van der Waals surface area contributed by atoms with Gasteiger partial charge in [-0.3, -0.25) is 9.59 Å². The fourth-order valence-electron chi connectivity index (χ4n) is 6.49. The van der Waals surface area contributed by atoms with E-state index in [9.17, 15) is 19.5 Å². The zero-order valence-electron chi connectivity index (χ0n) is 21.1. The largest absolute Gasteiger partial charge is 0.493 e. The summed E-state index contributed by atoms with van der Waals surface area (Å²) in [7, 11) is 3.57. The molecule has 2 bridgehead atoms. The van der Waals surface area contributed by atoms with E-state index in [0.717, 1.165) is 17.7 Å². The van der Waals surface area contributed by atoms with Crippen molar-refractivity contribution in [2.45, 2.75) is 74.3 Å². The van der Waals surface area contributed by atoms with E-state index in [2.05, 4.69) is 4.90 Å². The maximum absolute atomic E-state index is 12.9. The first-order valence-corrected chi connectivity index (χ1v) is 12.4. The number of rotatable bonds is 8. The fraction of sp³-hybridized carbons (Fsp3) is 0.577. The number of carboxylic acid groups (broad SMARTS) is 1. The highest BCUT2D eigenvalue weighted by molar-refractivity contribution is 5.80. The molecule has 1 spiro atoms. The number of nitrogens with zero attached hydrogens (tertiary/aromatic N) is 1. The van der Waals surface area contributed by atoms with Crippen molar-refractivity contribution in [3.8, 4) is 11.5 Å². The normalized spacial score (nSPS) is 30.8. The van der Waals surface area contributed by atoms with E-state index >= 15 is 0 Å². The Balaban J connectivity index is 1.39. The third-order valence-corrected chi connectivity index (χ3v) is 8.39. The number of carboxylic acids is 1. The fourth-order valence-corrected chi connectivity index (χ4v) is 6.49. The minimum Gasteiger partial charge on any atom is -0.493 e. The van der Waals surface area contributed by atoms with Gasteiger partial charge in [-0.15, -0.1) is 0 Å². The second-order valence-electron chi connectivity index (χ2n) is 10.3. The average molecular weight is 517 g/mol. The first-order valence-electron chi connectivity index (χ1n) is 12.4. The van der Waals surface area contributed by atoms with Gasteiger partial charge < -0.3 is 39.8 Å². The molecule has 5 rings (SSSR count). The van der Waals surface area contributed by atoms with Crippen molar-refractivity contribution >= 4 is 17.9 Å². The van der Waals surface area contributed by atoms with Gasteiger partial charge in [-0.05, 0) is 57.5 Å². The lowest BCUT2D eigenvalue weighted by molar-refractivity contribution is -0.175. The van der Waals surface area contributed by atoms with Gasteiger partial charge in [0.1, 0.15) is 11.8 Å². The minimum absolute atomic E-state index is 0.115. The topological polar surface area (TPSA) is 158 Å². The van der Waals surface area contributed by atoms with E-state index in [1.54, 1.807) is 13.2 Å². The van der Waals surface area contributed by atoms with Crippen LogP contribution in [-0.2, 0) is 35.7 Å². The van der Waals surface area contributed by atoms with Gasteiger partial charge >= 0.3 is 17.9 Å². The van der Waals surface area contributed by atoms with Crippen LogP contribution in [0.2, 0.25) is 0 Å². The lowest BCUT2D eigenvalue weighted by Crippen LogP contribution is -2.74. The molecule has 1 fully saturated rings. The molecular formula is C26H32N2O9. The van der Waals surface area contributed by atoms with E-state index in [-0.39, 0.29) is 31.1 Å². The number of aliphatic hydroxyl groups is 1. The van der Waals surface area contributed by atoms with E-state index < -0.39 is 47.2 Å². The average Bonchev–Trinajstić information content (AvgIpc) is 3.22. The van der Waals surface area contributed by atoms with E-state index in [0.29, 0.717) is 24.3 Å². The molecule has 2 aliphatic heterocycles. The highest BCUT2D eigenvalue weighted by Gasteiger charge is 2.72. The molecule has 6 atom stereocenters. The predicted octanol–water partition coefficient (Wildman–Crippen LogP) is 0.640. The number of methoxy groups -OCH3 is 1. The van der Waals surface area contributed by atoms with Crippen LogP contribution in [0.1, 0.15) is 43.7 Å². The Bertz CT molecular complexity index is 1180. The number of likely N-dealkylation sites (N-methyl/N-ethyl adjacent to an activating group) is 1. The first kappa shape index (κ1) is 25.5. The number of likely N-dealkylation sites (tertiary alicyclic amines) is 1. The SMILES string of the molecule is COc1ccc2c3c1O[C@H]1C(OC(=O)[C@H](C)OC(=O)CCC(N)C(=O)O)=CC[C@@]4(O)[C@@H](C2)N(C)CC[C@]314. The molecule has 1 aromatic carbocycles. The van der Waals surface area contributed by atoms with Crippen LogP contribution in [0.15, 0.2) is 24.0 Å². The molecule has 1 unspecified atom stereocenters. The van der Waals surface area contributed by atoms with Crippen molar-refractivity contribution in [2.75, 3.05) is 20.7 Å². The van der Waals surface area contributed by atoms with Crippen LogP contribution in [-0.4, -0.2) is 83.6 Å². The van der Waals surface area contributed by atoms with E-state index in [4.69, 9.17) is 29.8 Å². The van der Waals surface area contributed by atoms with E-state index in [1.807, 2.05) is 19.2 Å². The molecule has 0 radical (unpaired) electrons. The third kappa shape index (κ3) is 3.71. The van der Waals surface area contributed by atoms with Gasteiger partial charge in [-0.1, -0.05) is 6.07 Å². The molecule has 11 nitrogen and oxygen atoms in total. The first-order chi connectivity index (χ1) is 17.5. The Morgan fingerprint density at radius 1 is 1.32 bits per heavy atom. The quantitative estimate of drug-likeness (QED) is 0.416. The number of carbonyl (C=O) groups excluding carboxylic acids is 2. The Morgan fingerprint density at radius 3 is 2.78 bits per heavy atom. The number of ether oxygens (including phenoxy) is 4. The molecule has 1 aromatic rings. The van der Waals surface area contributed by atoms with Crippen LogP contribution >= 0.6 is 0 Å². The molecule has 200 valence electrons. The van der Waals surface area contributed by atoms with Gasteiger partial charge in [0.2, 0.25) is 0 Å². The monoisotopic (exact) mass is 516 g/mol. The molecule has 0 saturated carbocycles. The molecular weight excluding hydrogens is 484 g/mol. The number of hydrogen-bond donors (Lipinski definition) is 3. The van der Waals surface area contributed by atoms with E-state index in [1.165, 1.54) is 6.92 Å². The minimum atomic E-state index is -1.24. The summed E-state index contributed by atoms with van der Waals surface area (Å²) >= 11 is 0. The van der Waals surface area contributed by atoms with Gasteiger partial charge in [-0.25, -0.2) is 4.79 Å². The summed E-state index contributed by atoms with van der Waals surface area (Å²) < 4.78 is 22.9. The second-order valence-corrected chi connectivity index (χ2v) is 10.3. The van der Waals surface area contributed by atoms with Crippen molar-refractivity contribution in [2.24, 2.45) is 5.73 Å². The van der Waals surface area contributed by atoms with Crippen LogP contribution in [0.3, 0.4) is 0 Å². The summed E-state index contributed by atoms with van der Waals surface area (Å²) in [6, 6.07) is 2.54. The van der Waals surface area contributed by atoms with Gasteiger partial charge in [0.25, 0.3) is 0 Å². The molecule has 4 N–H and O–H groups in total. The lowest BCUT2D eigenvalue weighted by atomic mass is 9.50. The van der Waals surface area contributed by atoms with Crippen molar-refractivity contribution in [3.63, 3.8) is 0 Å². The van der Waals surface area contributed by atoms with Gasteiger partial charge in [0, 0.05) is 24.4 Å². The Kier molecular flexibility index (Phi) is 6.20. The van der Waals surface area contributed by atoms with Crippen LogP contribution in [0, 0.1) is 0 Å². The summed E-state index contributed by atoms with van der Waals surface area (Å²) in [4.78, 5) is 38.1. The highest BCUT2D eigenvalue weighted by atomic mass is 16.6. The molecule has 0 amide bonds. The van der Waals surface area contributed by atoms with Crippen LogP contribution in [0.5, 0.6) is 11.5 Å². The zero-order valence-corrected chi connectivity index (χ0v) is 21.1. The molecule has 2 heterocycles. The van der Waals surface area contributed by atoms with Crippen LogP contribution < -0.4 is 15.2 Å². The summed E-state index contributed by atoms with van der Waals surface area (Å²) in [5, 5.41) is 21.1. The third-order valence-electron chi connectivity index (χ3n) is 8.39. The number of piperidine rings is 1. The molecule has 2 aliphatic carbocycles. The Morgan fingerprint density at radius 2 is 2.08 bits per heavy atom. The maximum atomic E-state index is 12.9. The number of benzene rings is 1. The number of carbonyl (C=O) groups is 3. The van der Waals surface area contributed by atoms with Gasteiger partial charge in [0.05, 0.1) is 18.1 Å². The molecule has 11 heteroatoms. The highest BCUT2D eigenvalue weighted by Crippen LogP contribution is 2.65. The van der Waals surface area contributed by atoms with Crippen molar-refractivity contribution in [1.82, 2.24) is 4.90 Å². The van der Waals surface area contributed by atoms with Crippen LogP contribution in [0.4, 0.5) is 0 Å². The van der Waals surface area contributed by atoms with Crippen LogP contribution in [0.25, 0.3) is 0 Å². The van der Waals surface area contributed by atoms with Gasteiger partial charge in [0.15, 0.2) is 23.7 Å². The summed E-state index contributed by atoms with van der Waals surface area (Å²) in [5.74, 6) is -1.40. The molecule has 37 heavy (non-hydrogen) atoms. The van der Waals surface area contributed by atoms with Crippen molar-refractivity contribution in [1.29, 1.82) is 0 Å². The number of esters is 2. The number of aliphatic carboxylic acids is 1. The van der Waals surface area contributed by atoms with Crippen molar-refractivity contribution in [3.05, 3.63) is 35.1 Å². The number of nitrogens with two attached hydrogens (primary N) is 1. The number of hydrogen-bond acceptors (Lipinski definition) is 10. The van der Waals surface area contributed by atoms with Crippen molar-refractivity contribution < 1.29 is 43.5 Å². The second kappa shape index (κ2) is 9.00. The predicted molar refractivity (Wildman–Crippen MR) is 128 cm³/mol. The summed E-state index contributed by atoms with van der Waals surface area (Å²) in [6.45, 7) is 2.11. The lowest BCUT2D eigenvalue weighted by Gasteiger charge is -2.61. The van der Waals surface area contributed by atoms with Gasteiger partial charge in [-0.2, -0.15) is 0 Å². The zero-order chi connectivity index (χ0) is 26.7. The summed E-state index contributed by atoms with van der Waals surface area (Å²) in [5.41, 5.74) is 5.46. The molecule has 0 aromatic heterocycles. The maximum Gasteiger partial charge on any atom is 0.352 e.